The first-order valence-corrected chi connectivity index (χ1v) is 21.4. The highest BCUT2D eigenvalue weighted by molar-refractivity contribution is 6.16. The van der Waals surface area contributed by atoms with E-state index in [2.05, 4.69) is 238 Å². The standard InChI is InChI=1S/C58H37N5/c1-4-19-38(20-5-1)61-52-34-13-10-25-41(52)44-28-16-31-47(55(44)61)50-37-51(48-32-17-29-45-42-26-11-14-35-53(42)62(56(45)48)39-21-6-2-7-22-39)60-58(59-50)49-33-18-30-46-43-27-12-15-36-54(43)63(57(46)49)40-23-8-3-9-24-40/h1-37H. The van der Waals surface area contributed by atoms with Crippen molar-refractivity contribution in [1.29, 1.82) is 0 Å². The zero-order chi connectivity index (χ0) is 41.4. The quantitative estimate of drug-likeness (QED) is 0.168. The fraction of sp³-hybridized carbons (Fsp3) is 0. The van der Waals surface area contributed by atoms with Crippen LogP contribution in [0.5, 0.6) is 0 Å². The van der Waals surface area contributed by atoms with Gasteiger partial charge in [0.15, 0.2) is 5.82 Å². The smallest absolute Gasteiger partial charge is 0.162 e. The zero-order valence-electron chi connectivity index (χ0n) is 34.1. The van der Waals surface area contributed by atoms with Crippen molar-refractivity contribution in [3.63, 3.8) is 0 Å². The number of hydrogen-bond acceptors (Lipinski definition) is 2. The Morgan fingerprint density at radius 3 is 0.937 bits per heavy atom. The van der Waals surface area contributed by atoms with Crippen molar-refractivity contribution >= 4 is 65.4 Å². The molecule has 13 rings (SSSR count). The highest BCUT2D eigenvalue weighted by Gasteiger charge is 2.24. The minimum absolute atomic E-state index is 0.659. The average Bonchev–Trinajstić information content (AvgIpc) is 4.01. The number of rotatable bonds is 6. The molecule has 0 saturated carbocycles. The van der Waals surface area contributed by atoms with Crippen molar-refractivity contribution in [2.75, 3.05) is 0 Å². The van der Waals surface area contributed by atoms with Crippen molar-refractivity contribution in [3.8, 4) is 51.0 Å². The van der Waals surface area contributed by atoms with Crippen molar-refractivity contribution in [2.45, 2.75) is 0 Å². The summed E-state index contributed by atoms with van der Waals surface area (Å²) in [6, 6.07) is 80.1. The molecule has 0 N–H and O–H groups in total. The van der Waals surface area contributed by atoms with Gasteiger partial charge in [-0.05, 0) is 66.7 Å². The highest BCUT2D eigenvalue weighted by atomic mass is 15.0. The first-order chi connectivity index (χ1) is 31.3. The van der Waals surface area contributed by atoms with E-state index in [-0.39, 0.29) is 0 Å². The number of nitrogens with zero attached hydrogens (tertiary/aromatic N) is 5. The maximum Gasteiger partial charge on any atom is 0.162 e. The van der Waals surface area contributed by atoms with E-state index in [0.29, 0.717) is 5.82 Å². The Hall–Kier alpha value is -8.54. The molecule has 4 aromatic heterocycles. The van der Waals surface area contributed by atoms with Crippen molar-refractivity contribution in [3.05, 3.63) is 224 Å². The molecule has 0 aliphatic rings. The van der Waals surface area contributed by atoms with Crippen LogP contribution in [0.4, 0.5) is 0 Å². The Labute approximate surface area is 363 Å². The molecule has 4 heterocycles. The number of para-hydroxylation sites is 9. The summed E-state index contributed by atoms with van der Waals surface area (Å²) in [6.07, 6.45) is 0. The molecule has 0 unspecified atom stereocenters. The van der Waals surface area contributed by atoms with Crippen LogP contribution in [-0.2, 0) is 0 Å². The van der Waals surface area contributed by atoms with Crippen LogP contribution in [0.2, 0.25) is 0 Å². The monoisotopic (exact) mass is 803 g/mol. The van der Waals surface area contributed by atoms with E-state index in [4.69, 9.17) is 9.97 Å². The van der Waals surface area contributed by atoms with E-state index in [0.717, 1.165) is 83.6 Å². The second kappa shape index (κ2) is 14.0. The molecule has 0 amide bonds. The van der Waals surface area contributed by atoms with E-state index in [1.165, 1.54) is 26.9 Å². The van der Waals surface area contributed by atoms with E-state index in [1.807, 2.05) is 0 Å². The number of benzene rings is 9. The molecule has 5 heteroatoms. The lowest BCUT2D eigenvalue weighted by Crippen LogP contribution is -2.02. The lowest BCUT2D eigenvalue weighted by atomic mass is 10.0. The van der Waals surface area contributed by atoms with Gasteiger partial charge in [-0.3, -0.25) is 0 Å². The fourth-order valence-corrected chi connectivity index (χ4v) is 10.0. The highest BCUT2D eigenvalue weighted by Crippen LogP contribution is 2.43. The van der Waals surface area contributed by atoms with Gasteiger partial charge in [-0.15, -0.1) is 0 Å². The van der Waals surface area contributed by atoms with E-state index >= 15 is 0 Å². The van der Waals surface area contributed by atoms with Gasteiger partial charge in [0.25, 0.3) is 0 Å². The van der Waals surface area contributed by atoms with Gasteiger partial charge >= 0.3 is 0 Å². The zero-order valence-corrected chi connectivity index (χ0v) is 34.1. The van der Waals surface area contributed by atoms with Gasteiger partial charge in [0, 0.05) is 66.1 Å². The number of hydrogen-bond donors (Lipinski definition) is 0. The molecule has 0 aliphatic carbocycles. The van der Waals surface area contributed by atoms with Crippen LogP contribution in [0, 0.1) is 0 Å². The molecule has 0 aliphatic heterocycles. The summed E-state index contributed by atoms with van der Waals surface area (Å²) in [5.74, 6) is 0.659. The molecule has 0 saturated heterocycles. The van der Waals surface area contributed by atoms with Gasteiger partial charge in [0.2, 0.25) is 0 Å². The van der Waals surface area contributed by atoms with Gasteiger partial charge in [-0.25, -0.2) is 9.97 Å². The Bertz CT molecular complexity index is 3480. The van der Waals surface area contributed by atoms with Gasteiger partial charge in [0.05, 0.1) is 44.5 Å². The minimum atomic E-state index is 0.659. The molecule has 0 bridgehead atoms. The van der Waals surface area contributed by atoms with Gasteiger partial charge in [-0.2, -0.15) is 0 Å². The van der Waals surface area contributed by atoms with Crippen LogP contribution in [-0.4, -0.2) is 23.7 Å². The largest absolute Gasteiger partial charge is 0.309 e. The lowest BCUT2D eigenvalue weighted by molar-refractivity contribution is 1.15. The Morgan fingerprint density at radius 1 is 0.254 bits per heavy atom. The van der Waals surface area contributed by atoms with Crippen molar-refractivity contribution in [2.24, 2.45) is 0 Å². The summed E-state index contributed by atoms with van der Waals surface area (Å²) < 4.78 is 7.16. The Morgan fingerprint density at radius 2 is 0.556 bits per heavy atom. The molecule has 294 valence electrons. The van der Waals surface area contributed by atoms with Crippen LogP contribution >= 0.6 is 0 Å². The van der Waals surface area contributed by atoms with E-state index in [1.54, 1.807) is 0 Å². The molecule has 0 spiro atoms. The molecule has 0 atom stereocenters. The van der Waals surface area contributed by atoms with E-state index in [9.17, 15) is 0 Å². The summed E-state index contributed by atoms with van der Waals surface area (Å²) in [4.78, 5) is 11.3. The van der Waals surface area contributed by atoms with Crippen LogP contribution in [0.1, 0.15) is 0 Å². The summed E-state index contributed by atoms with van der Waals surface area (Å²) in [5.41, 5.74) is 14.7. The maximum absolute atomic E-state index is 5.67. The normalized spacial score (nSPS) is 11.8. The lowest BCUT2D eigenvalue weighted by Gasteiger charge is -2.16. The third-order valence-corrected chi connectivity index (χ3v) is 12.6. The van der Waals surface area contributed by atoms with Crippen LogP contribution in [0.25, 0.3) is 116 Å². The molecule has 9 aromatic carbocycles. The Kier molecular flexibility index (Phi) is 7.84. The second-order valence-corrected chi connectivity index (χ2v) is 16.1. The SMILES string of the molecule is c1ccc(-n2c3ccccc3c3cccc(-c4cc(-c5cccc6c7ccccc7n(-c7ccccc7)c56)nc(-c5cccc6c7ccccc7n(-c7ccccc7)c56)n4)c32)cc1. The molecule has 63 heavy (non-hydrogen) atoms. The molecule has 0 radical (unpaired) electrons. The number of fused-ring (bicyclic) bond motifs is 9. The predicted octanol–water partition coefficient (Wildman–Crippen LogP) is 14.8. The van der Waals surface area contributed by atoms with E-state index < -0.39 is 0 Å². The number of aromatic nitrogens is 5. The van der Waals surface area contributed by atoms with Gasteiger partial charge in [-0.1, -0.05) is 158 Å². The molecular formula is C58H37N5. The maximum atomic E-state index is 5.67. The Balaban J connectivity index is 1.18. The summed E-state index contributed by atoms with van der Waals surface area (Å²) >= 11 is 0. The summed E-state index contributed by atoms with van der Waals surface area (Å²) in [7, 11) is 0. The fourth-order valence-electron chi connectivity index (χ4n) is 10.0. The molecular weight excluding hydrogens is 767 g/mol. The van der Waals surface area contributed by atoms with Crippen LogP contribution < -0.4 is 0 Å². The predicted molar refractivity (Wildman–Crippen MR) is 261 cm³/mol. The third-order valence-electron chi connectivity index (χ3n) is 12.6. The van der Waals surface area contributed by atoms with Gasteiger partial charge in [0.1, 0.15) is 0 Å². The minimum Gasteiger partial charge on any atom is -0.309 e. The van der Waals surface area contributed by atoms with Crippen LogP contribution in [0.15, 0.2) is 224 Å². The second-order valence-electron chi connectivity index (χ2n) is 16.1. The first kappa shape index (κ1) is 35.2. The van der Waals surface area contributed by atoms with Gasteiger partial charge < -0.3 is 13.7 Å². The summed E-state index contributed by atoms with van der Waals surface area (Å²) in [6.45, 7) is 0. The van der Waals surface area contributed by atoms with Crippen molar-refractivity contribution in [1.82, 2.24) is 23.7 Å². The topological polar surface area (TPSA) is 40.6 Å². The molecule has 0 fully saturated rings. The average molecular weight is 804 g/mol. The third kappa shape index (κ3) is 5.36. The van der Waals surface area contributed by atoms with Crippen molar-refractivity contribution < 1.29 is 0 Å². The molecule has 5 nitrogen and oxygen atoms in total. The first-order valence-electron chi connectivity index (χ1n) is 21.4. The van der Waals surface area contributed by atoms with Crippen LogP contribution in [0.3, 0.4) is 0 Å². The summed E-state index contributed by atoms with van der Waals surface area (Å²) in [5, 5.41) is 7.07. The molecule has 13 aromatic rings.